The molecule has 9 heteroatoms. The Labute approximate surface area is 104 Å². The number of nitrogens with zero attached hydrogens (tertiary/aromatic N) is 2. The molecule has 3 N–H and O–H groups in total. The van der Waals surface area contributed by atoms with Crippen LogP contribution in [0.2, 0.25) is 0 Å². The van der Waals surface area contributed by atoms with Crippen molar-refractivity contribution in [3.63, 3.8) is 0 Å². The van der Waals surface area contributed by atoms with Crippen molar-refractivity contribution in [1.29, 1.82) is 0 Å². The summed E-state index contributed by atoms with van der Waals surface area (Å²) in [6.45, 7) is -0.429. The van der Waals surface area contributed by atoms with E-state index in [0.717, 1.165) is 0 Å². The maximum absolute atomic E-state index is 13.5. The van der Waals surface area contributed by atoms with Gasteiger partial charge in [-0.25, -0.2) is 14.2 Å². The molecule has 1 saturated heterocycles. The number of nitrogens with one attached hydrogen (secondary N) is 2. The number of hydrogen-bond acceptors (Lipinski definition) is 5. The summed E-state index contributed by atoms with van der Waals surface area (Å²) in [5.74, 6) is 0. The zero-order valence-corrected chi connectivity index (χ0v) is 9.67. The van der Waals surface area contributed by atoms with E-state index in [1.165, 1.54) is 10.9 Å². The van der Waals surface area contributed by atoms with Crippen molar-refractivity contribution in [1.82, 2.24) is 19.5 Å². The van der Waals surface area contributed by atoms with Gasteiger partial charge in [0, 0.05) is 6.42 Å². The molecule has 1 aliphatic heterocycles. The van der Waals surface area contributed by atoms with E-state index in [1.54, 1.807) is 0 Å². The molecule has 19 heavy (non-hydrogen) atoms. The third-order valence-corrected chi connectivity index (χ3v) is 3.12. The molecule has 2 aromatic heterocycles. The van der Waals surface area contributed by atoms with Crippen LogP contribution < -0.4 is 11.2 Å². The number of aromatic nitrogens is 4. The van der Waals surface area contributed by atoms with Crippen molar-refractivity contribution in [2.45, 2.75) is 24.9 Å². The Morgan fingerprint density at radius 3 is 3.00 bits per heavy atom. The highest BCUT2D eigenvalue weighted by Crippen LogP contribution is 2.31. The van der Waals surface area contributed by atoms with Crippen LogP contribution in [-0.2, 0) is 4.74 Å². The van der Waals surface area contributed by atoms with Crippen LogP contribution in [0.25, 0.3) is 11.2 Å². The first-order valence-electron chi connectivity index (χ1n) is 5.69. The number of H-pyrrole nitrogens is 2. The van der Waals surface area contributed by atoms with Crippen LogP contribution in [0.4, 0.5) is 4.39 Å². The van der Waals surface area contributed by atoms with Gasteiger partial charge in [-0.15, -0.1) is 0 Å². The molecule has 102 valence electrons. The number of aromatic amines is 2. The zero-order chi connectivity index (χ0) is 13.6. The summed E-state index contributed by atoms with van der Waals surface area (Å²) in [5, 5.41) is 8.95. The van der Waals surface area contributed by atoms with Gasteiger partial charge in [-0.3, -0.25) is 19.3 Å². The summed E-state index contributed by atoms with van der Waals surface area (Å²) in [7, 11) is 0. The van der Waals surface area contributed by atoms with E-state index in [0.29, 0.717) is 0 Å². The fourth-order valence-electron chi connectivity index (χ4n) is 2.19. The number of ether oxygens (including phenoxy) is 1. The predicted molar refractivity (Wildman–Crippen MR) is 61.5 cm³/mol. The molecule has 0 radical (unpaired) electrons. The van der Waals surface area contributed by atoms with Gasteiger partial charge >= 0.3 is 5.69 Å². The number of imidazole rings is 1. The summed E-state index contributed by atoms with van der Waals surface area (Å²) in [6.07, 6.45) is -1.61. The highest BCUT2D eigenvalue weighted by molar-refractivity contribution is 5.68. The second kappa shape index (κ2) is 4.28. The van der Waals surface area contributed by atoms with E-state index in [9.17, 15) is 14.0 Å². The van der Waals surface area contributed by atoms with Gasteiger partial charge < -0.3 is 9.84 Å². The predicted octanol–water partition coefficient (Wildman–Crippen LogP) is -0.969. The molecule has 0 aromatic carbocycles. The Morgan fingerprint density at radius 1 is 1.53 bits per heavy atom. The molecule has 3 atom stereocenters. The Bertz CT molecular complexity index is 720. The lowest BCUT2D eigenvalue weighted by Gasteiger charge is -2.13. The van der Waals surface area contributed by atoms with Crippen LogP contribution in [0, 0.1) is 0 Å². The Morgan fingerprint density at radius 2 is 2.32 bits per heavy atom. The van der Waals surface area contributed by atoms with E-state index in [1.807, 2.05) is 4.98 Å². The molecule has 0 unspecified atom stereocenters. The minimum atomic E-state index is -1.30. The zero-order valence-electron chi connectivity index (χ0n) is 9.67. The van der Waals surface area contributed by atoms with Crippen LogP contribution in [0.5, 0.6) is 0 Å². The van der Waals surface area contributed by atoms with Gasteiger partial charge in [-0.1, -0.05) is 0 Å². The lowest BCUT2D eigenvalue weighted by molar-refractivity contribution is -0.0323. The third-order valence-electron chi connectivity index (χ3n) is 3.12. The molecule has 0 bridgehead atoms. The highest BCUT2D eigenvalue weighted by Gasteiger charge is 2.36. The van der Waals surface area contributed by atoms with Crippen LogP contribution in [0.3, 0.4) is 0 Å². The Hall–Kier alpha value is -2.00. The first-order valence-corrected chi connectivity index (χ1v) is 5.69. The normalized spacial score (nSPS) is 27.2. The number of halogens is 1. The average molecular weight is 270 g/mol. The largest absolute Gasteiger partial charge is 0.394 e. The van der Waals surface area contributed by atoms with E-state index >= 15 is 0 Å². The topological polar surface area (TPSA) is 113 Å². The van der Waals surface area contributed by atoms with Gasteiger partial charge in [0.2, 0.25) is 0 Å². The summed E-state index contributed by atoms with van der Waals surface area (Å²) >= 11 is 0. The number of hydrogen-bond donors (Lipinski definition) is 3. The van der Waals surface area contributed by atoms with Gasteiger partial charge in [0.05, 0.1) is 12.9 Å². The molecule has 0 spiro atoms. The molecule has 8 nitrogen and oxygen atoms in total. The molecular weight excluding hydrogens is 259 g/mol. The van der Waals surface area contributed by atoms with Gasteiger partial charge in [-0.2, -0.15) is 0 Å². The molecule has 0 saturated carbocycles. The molecule has 0 aliphatic carbocycles. The summed E-state index contributed by atoms with van der Waals surface area (Å²) in [5.41, 5.74) is -1.07. The maximum atomic E-state index is 13.5. The summed E-state index contributed by atoms with van der Waals surface area (Å²) in [4.78, 5) is 31.1. The molecule has 0 amide bonds. The standard InChI is InChI=1S/C10H11FN4O4/c11-4-1-6(19-5(4)2-16)15-3-12-7-8(15)13-10(18)14-9(7)17/h3-6,16H,1-2H2,(H2,13,14,17,18)/t4-,5+,6+/m0/s1. The number of aliphatic hydroxyl groups is 1. The average Bonchev–Trinajstić information content (AvgIpc) is 2.92. The number of fused-ring (bicyclic) bond motifs is 1. The quantitative estimate of drug-likeness (QED) is 0.650. The Kier molecular flexibility index (Phi) is 2.72. The molecule has 1 aliphatic rings. The summed E-state index contributed by atoms with van der Waals surface area (Å²) < 4.78 is 20.2. The highest BCUT2D eigenvalue weighted by atomic mass is 19.1. The van der Waals surface area contributed by atoms with E-state index < -0.39 is 36.4 Å². The molecule has 1 fully saturated rings. The van der Waals surface area contributed by atoms with Crippen molar-refractivity contribution in [3.8, 4) is 0 Å². The van der Waals surface area contributed by atoms with Crippen LogP contribution in [-0.4, -0.2) is 43.5 Å². The van der Waals surface area contributed by atoms with Crippen LogP contribution >= 0.6 is 0 Å². The van der Waals surface area contributed by atoms with Crippen LogP contribution in [0.15, 0.2) is 15.9 Å². The lowest BCUT2D eigenvalue weighted by Crippen LogP contribution is -2.23. The molecular formula is C10H11FN4O4. The minimum absolute atomic E-state index is 0.0194. The maximum Gasteiger partial charge on any atom is 0.327 e. The monoisotopic (exact) mass is 270 g/mol. The van der Waals surface area contributed by atoms with Gasteiger partial charge in [0.1, 0.15) is 24.2 Å². The second-order valence-corrected chi connectivity index (χ2v) is 4.32. The number of aliphatic hydroxyl groups excluding tert-OH is 1. The third kappa shape index (κ3) is 1.87. The fourth-order valence-corrected chi connectivity index (χ4v) is 2.19. The Balaban J connectivity index is 2.07. The van der Waals surface area contributed by atoms with E-state index in [4.69, 9.17) is 9.84 Å². The first kappa shape index (κ1) is 12.1. The van der Waals surface area contributed by atoms with Crippen molar-refractivity contribution in [2.75, 3.05) is 6.61 Å². The van der Waals surface area contributed by atoms with Crippen molar-refractivity contribution in [3.05, 3.63) is 27.2 Å². The molecule has 2 aromatic rings. The first-order chi connectivity index (χ1) is 9.10. The molecule has 3 heterocycles. The van der Waals surface area contributed by atoms with Crippen molar-refractivity contribution in [2.24, 2.45) is 0 Å². The smallest absolute Gasteiger partial charge is 0.327 e. The SMILES string of the molecule is O=c1[nH]c(=O)c2ncn([C@H]3C[C@H](F)[C@@H](CO)O3)c2[nH]1. The molecule has 3 rings (SSSR count). The van der Waals surface area contributed by atoms with E-state index in [2.05, 4.69) is 9.97 Å². The van der Waals surface area contributed by atoms with Crippen molar-refractivity contribution >= 4 is 11.2 Å². The number of rotatable bonds is 2. The van der Waals surface area contributed by atoms with Crippen molar-refractivity contribution < 1.29 is 14.2 Å². The minimum Gasteiger partial charge on any atom is -0.394 e. The van der Waals surface area contributed by atoms with Gasteiger partial charge in [0.25, 0.3) is 5.56 Å². The van der Waals surface area contributed by atoms with Crippen LogP contribution in [0.1, 0.15) is 12.6 Å². The number of alkyl halides is 1. The second-order valence-electron chi connectivity index (χ2n) is 4.32. The van der Waals surface area contributed by atoms with Gasteiger partial charge in [0.15, 0.2) is 5.52 Å². The fraction of sp³-hybridized carbons (Fsp3) is 0.500. The lowest BCUT2D eigenvalue weighted by atomic mass is 10.2. The van der Waals surface area contributed by atoms with Gasteiger partial charge in [-0.05, 0) is 0 Å². The van der Waals surface area contributed by atoms with E-state index in [-0.39, 0.29) is 17.6 Å². The summed E-state index contributed by atoms with van der Waals surface area (Å²) in [6, 6.07) is 0.